The Balaban J connectivity index is 2.55. The molecule has 5 N–H and O–H groups in total. The lowest BCUT2D eigenvalue weighted by molar-refractivity contribution is -0.122. The van der Waals surface area contributed by atoms with Crippen molar-refractivity contribution in [2.75, 3.05) is 0 Å². The highest BCUT2D eigenvalue weighted by atomic mass is 16.2. The predicted molar refractivity (Wildman–Crippen MR) is 48.2 cm³/mol. The van der Waals surface area contributed by atoms with Gasteiger partial charge in [-0.05, 0) is 18.1 Å². The van der Waals surface area contributed by atoms with E-state index in [0.717, 1.165) is 5.56 Å². The van der Waals surface area contributed by atoms with E-state index in [1.54, 1.807) is 18.5 Å². The summed E-state index contributed by atoms with van der Waals surface area (Å²) in [6.07, 6.45) is 3.78. The number of hydrogen-bond acceptors (Lipinski definition) is 4. The summed E-state index contributed by atoms with van der Waals surface area (Å²) in [7, 11) is 0. The molecule has 1 atom stereocenters. The maximum Gasteiger partial charge on any atom is 0.251 e. The van der Waals surface area contributed by atoms with Crippen LogP contribution in [0, 0.1) is 0 Å². The van der Waals surface area contributed by atoms with Gasteiger partial charge in [0.15, 0.2) is 0 Å². The number of hydrazine groups is 1. The fourth-order valence-electron chi connectivity index (χ4n) is 0.973. The zero-order chi connectivity index (χ0) is 9.68. The molecular formula is C8H12N4O. The summed E-state index contributed by atoms with van der Waals surface area (Å²) >= 11 is 0. The Kier molecular flexibility index (Phi) is 3.36. The van der Waals surface area contributed by atoms with Gasteiger partial charge in [0.2, 0.25) is 0 Å². The first-order valence-electron chi connectivity index (χ1n) is 3.89. The fourth-order valence-corrected chi connectivity index (χ4v) is 0.973. The van der Waals surface area contributed by atoms with E-state index in [1.807, 2.05) is 11.5 Å². The van der Waals surface area contributed by atoms with Gasteiger partial charge >= 0.3 is 0 Å². The average Bonchev–Trinajstić information content (AvgIpc) is 2.18. The highest BCUT2D eigenvalue weighted by Crippen LogP contribution is 1.99. The summed E-state index contributed by atoms with van der Waals surface area (Å²) in [5.74, 6) is 4.56. The molecule has 0 radical (unpaired) electrons. The zero-order valence-corrected chi connectivity index (χ0v) is 7.10. The number of aromatic nitrogens is 1. The molecule has 0 spiro atoms. The lowest BCUT2D eigenvalue weighted by Gasteiger charge is -2.08. The standard InChI is InChI=1S/C8H12N4O/c9-7(8(13)12-10)4-6-2-1-3-11-5-6/h1-3,5,7H,4,9-10H2,(H,12,13). The van der Waals surface area contributed by atoms with Gasteiger partial charge in [-0.15, -0.1) is 0 Å². The van der Waals surface area contributed by atoms with Gasteiger partial charge in [-0.1, -0.05) is 6.07 Å². The number of nitrogens with two attached hydrogens (primary N) is 2. The summed E-state index contributed by atoms with van der Waals surface area (Å²) in [5.41, 5.74) is 8.46. The van der Waals surface area contributed by atoms with E-state index in [0.29, 0.717) is 6.42 Å². The summed E-state index contributed by atoms with van der Waals surface area (Å²) in [4.78, 5) is 14.8. The molecule has 0 aliphatic rings. The normalized spacial score (nSPS) is 12.2. The van der Waals surface area contributed by atoms with Crippen molar-refractivity contribution in [3.63, 3.8) is 0 Å². The van der Waals surface area contributed by atoms with Crippen LogP contribution in [0.4, 0.5) is 0 Å². The minimum Gasteiger partial charge on any atom is -0.320 e. The van der Waals surface area contributed by atoms with E-state index in [4.69, 9.17) is 11.6 Å². The third-order valence-corrected chi connectivity index (χ3v) is 1.66. The van der Waals surface area contributed by atoms with E-state index in [2.05, 4.69) is 4.98 Å². The highest BCUT2D eigenvalue weighted by molar-refractivity contribution is 5.81. The number of carbonyl (C=O) groups is 1. The maximum absolute atomic E-state index is 10.9. The number of hydrogen-bond donors (Lipinski definition) is 3. The van der Waals surface area contributed by atoms with Gasteiger partial charge in [0.1, 0.15) is 0 Å². The van der Waals surface area contributed by atoms with Crippen molar-refractivity contribution >= 4 is 5.91 Å². The van der Waals surface area contributed by atoms with Gasteiger partial charge in [0.25, 0.3) is 5.91 Å². The predicted octanol–water partition coefficient (Wildman–Crippen LogP) is -1.06. The smallest absolute Gasteiger partial charge is 0.251 e. The summed E-state index contributed by atoms with van der Waals surface area (Å²) in [6, 6.07) is 3.04. The van der Waals surface area contributed by atoms with Crippen LogP contribution < -0.4 is 17.0 Å². The van der Waals surface area contributed by atoms with Crippen LogP contribution in [0.3, 0.4) is 0 Å². The van der Waals surface area contributed by atoms with Gasteiger partial charge in [0.05, 0.1) is 6.04 Å². The third-order valence-electron chi connectivity index (χ3n) is 1.66. The molecule has 0 aliphatic carbocycles. The maximum atomic E-state index is 10.9. The van der Waals surface area contributed by atoms with Crippen LogP contribution in [0.25, 0.3) is 0 Å². The van der Waals surface area contributed by atoms with E-state index in [-0.39, 0.29) is 5.91 Å². The molecule has 1 rings (SSSR count). The van der Waals surface area contributed by atoms with Crippen molar-refractivity contribution < 1.29 is 4.79 Å². The van der Waals surface area contributed by atoms with Crippen LogP contribution in [0.15, 0.2) is 24.5 Å². The molecule has 1 aromatic rings. The molecule has 0 aromatic carbocycles. The number of carbonyl (C=O) groups excluding carboxylic acids is 1. The van der Waals surface area contributed by atoms with Gasteiger partial charge in [-0.3, -0.25) is 15.2 Å². The van der Waals surface area contributed by atoms with E-state index in [9.17, 15) is 4.79 Å². The molecule has 0 aliphatic heterocycles. The quantitative estimate of drug-likeness (QED) is 0.314. The van der Waals surface area contributed by atoms with E-state index >= 15 is 0 Å². The summed E-state index contributed by atoms with van der Waals surface area (Å²) < 4.78 is 0. The molecule has 0 saturated carbocycles. The number of amides is 1. The minimum atomic E-state index is -0.616. The van der Waals surface area contributed by atoms with Crippen molar-refractivity contribution in [1.29, 1.82) is 0 Å². The van der Waals surface area contributed by atoms with Crippen molar-refractivity contribution in [2.45, 2.75) is 12.5 Å². The monoisotopic (exact) mass is 180 g/mol. The second-order valence-electron chi connectivity index (χ2n) is 2.68. The Morgan fingerprint density at radius 1 is 1.69 bits per heavy atom. The second-order valence-corrected chi connectivity index (χ2v) is 2.68. The number of nitrogens with zero attached hydrogens (tertiary/aromatic N) is 1. The Labute approximate surface area is 76.1 Å². The first-order chi connectivity index (χ1) is 6.24. The number of nitrogens with one attached hydrogen (secondary N) is 1. The number of pyridine rings is 1. The van der Waals surface area contributed by atoms with E-state index in [1.165, 1.54) is 0 Å². The lowest BCUT2D eigenvalue weighted by atomic mass is 10.1. The Morgan fingerprint density at radius 2 is 2.46 bits per heavy atom. The molecule has 1 unspecified atom stereocenters. The SMILES string of the molecule is NNC(=O)C(N)Cc1cccnc1. The molecule has 1 aromatic heterocycles. The van der Waals surface area contributed by atoms with Crippen LogP contribution in [0.2, 0.25) is 0 Å². The van der Waals surface area contributed by atoms with Crippen molar-refractivity contribution in [1.82, 2.24) is 10.4 Å². The lowest BCUT2D eigenvalue weighted by Crippen LogP contribution is -2.45. The van der Waals surface area contributed by atoms with Crippen LogP contribution >= 0.6 is 0 Å². The van der Waals surface area contributed by atoms with Gasteiger partial charge in [0, 0.05) is 12.4 Å². The van der Waals surface area contributed by atoms with Gasteiger partial charge in [-0.25, -0.2) is 5.84 Å². The van der Waals surface area contributed by atoms with Crippen molar-refractivity contribution in [2.24, 2.45) is 11.6 Å². The van der Waals surface area contributed by atoms with E-state index < -0.39 is 6.04 Å². The molecule has 0 bridgehead atoms. The van der Waals surface area contributed by atoms with Crippen LogP contribution in [0.1, 0.15) is 5.56 Å². The molecule has 1 heterocycles. The van der Waals surface area contributed by atoms with Crippen molar-refractivity contribution in [3.8, 4) is 0 Å². The first-order valence-corrected chi connectivity index (χ1v) is 3.89. The topological polar surface area (TPSA) is 94.0 Å². The highest BCUT2D eigenvalue weighted by Gasteiger charge is 2.11. The largest absolute Gasteiger partial charge is 0.320 e. The molecule has 0 saturated heterocycles. The first kappa shape index (κ1) is 9.63. The van der Waals surface area contributed by atoms with Gasteiger partial charge < -0.3 is 5.73 Å². The van der Waals surface area contributed by atoms with Gasteiger partial charge in [-0.2, -0.15) is 0 Å². The number of rotatable bonds is 3. The molecule has 13 heavy (non-hydrogen) atoms. The molecule has 70 valence electrons. The zero-order valence-electron chi connectivity index (χ0n) is 7.10. The molecular weight excluding hydrogens is 168 g/mol. The third kappa shape index (κ3) is 2.81. The van der Waals surface area contributed by atoms with Crippen LogP contribution in [0.5, 0.6) is 0 Å². The second kappa shape index (κ2) is 4.54. The Morgan fingerprint density at radius 3 is 3.00 bits per heavy atom. The fraction of sp³-hybridized carbons (Fsp3) is 0.250. The van der Waals surface area contributed by atoms with Crippen LogP contribution in [-0.4, -0.2) is 16.9 Å². The molecule has 5 heteroatoms. The summed E-state index contributed by atoms with van der Waals surface area (Å²) in [5, 5.41) is 0. The van der Waals surface area contributed by atoms with Crippen molar-refractivity contribution in [3.05, 3.63) is 30.1 Å². The Hall–Kier alpha value is -1.46. The Bertz CT molecular complexity index is 275. The molecule has 5 nitrogen and oxygen atoms in total. The average molecular weight is 180 g/mol. The minimum absolute atomic E-state index is 0.371. The molecule has 1 amide bonds. The molecule has 0 fully saturated rings. The summed E-state index contributed by atoms with van der Waals surface area (Å²) in [6.45, 7) is 0. The van der Waals surface area contributed by atoms with Crippen LogP contribution in [-0.2, 0) is 11.2 Å².